The molecule has 0 saturated carbocycles. The molecule has 4 nitrogen and oxygen atoms in total. The minimum atomic E-state index is -0.891. The van der Waals surface area contributed by atoms with Gasteiger partial charge in [-0.3, -0.25) is 14.3 Å². The van der Waals surface area contributed by atoms with Crippen molar-refractivity contribution in [3.05, 3.63) is 35.9 Å². The molecule has 2 rings (SSSR count). The van der Waals surface area contributed by atoms with Crippen molar-refractivity contribution in [2.24, 2.45) is 5.92 Å². The quantitative estimate of drug-likeness (QED) is 0.896. The first-order chi connectivity index (χ1) is 9.50. The summed E-state index contributed by atoms with van der Waals surface area (Å²) >= 11 is 0. The molecule has 1 aliphatic rings. The van der Waals surface area contributed by atoms with Crippen LogP contribution in [0.1, 0.15) is 25.6 Å². The smallest absolute Gasteiger partial charge is 0.241 e. The number of hydrogen-bond acceptors (Lipinski definition) is 3. The van der Waals surface area contributed by atoms with Gasteiger partial charge >= 0.3 is 0 Å². The Morgan fingerprint density at radius 1 is 1.30 bits per heavy atom. The van der Waals surface area contributed by atoms with Gasteiger partial charge < -0.3 is 4.90 Å². The van der Waals surface area contributed by atoms with Crippen LogP contribution in [0.4, 0.5) is 0 Å². The van der Waals surface area contributed by atoms with Crippen molar-refractivity contribution < 1.29 is 9.00 Å². The number of benzene rings is 1. The van der Waals surface area contributed by atoms with Gasteiger partial charge in [0, 0.05) is 29.4 Å². The fourth-order valence-electron chi connectivity index (χ4n) is 2.49. The lowest BCUT2D eigenvalue weighted by Crippen LogP contribution is -2.36. The largest absolute Gasteiger partial charge is 0.321 e. The van der Waals surface area contributed by atoms with Crippen LogP contribution in [0.25, 0.3) is 0 Å². The summed E-state index contributed by atoms with van der Waals surface area (Å²) in [5, 5.41) is 3.41. The van der Waals surface area contributed by atoms with Gasteiger partial charge in [0.25, 0.3) is 0 Å². The second-order valence-electron chi connectivity index (χ2n) is 5.51. The SMILES string of the molecule is CC(C)C1NC(c2ccccc2)N(CCS(C)=O)C1=O. The average molecular weight is 294 g/mol. The van der Waals surface area contributed by atoms with Gasteiger partial charge in [-0.05, 0) is 11.5 Å². The van der Waals surface area contributed by atoms with E-state index in [1.54, 1.807) is 6.26 Å². The summed E-state index contributed by atoms with van der Waals surface area (Å²) in [6, 6.07) is 9.78. The molecular formula is C15H22N2O2S. The van der Waals surface area contributed by atoms with Crippen LogP contribution in [-0.2, 0) is 15.6 Å². The lowest BCUT2D eigenvalue weighted by Gasteiger charge is -2.24. The van der Waals surface area contributed by atoms with Crippen LogP contribution >= 0.6 is 0 Å². The maximum absolute atomic E-state index is 12.5. The van der Waals surface area contributed by atoms with Gasteiger partial charge in [-0.25, -0.2) is 0 Å². The van der Waals surface area contributed by atoms with Crippen LogP contribution in [0.15, 0.2) is 30.3 Å². The number of carbonyl (C=O) groups excluding carboxylic acids is 1. The van der Waals surface area contributed by atoms with Crippen molar-refractivity contribution >= 4 is 16.7 Å². The molecule has 1 N–H and O–H groups in total. The first-order valence-electron chi connectivity index (χ1n) is 6.92. The fourth-order valence-corrected chi connectivity index (χ4v) is 2.95. The van der Waals surface area contributed by atoms with Gasteiger partial charge in [-0.15, -0.1) is 0 Å². The summed E-state index contributed by atoms with van der Waals surface area (Å²) in [5.74, 6) is 0.867. The summed E-state index contributed by atoms with van der Waals surface area (Å²) < 4.78 is 11.3. The number of nitrogens with zero attached hydrogens (tertiary/aromatic N) is 1. The number of amides is 1. The van der Waals surface area contributed by atoms with Crippen LogP contribution in [-0.4, -0.2) is 39.6 Å². The minimum Gasteiger partial charge on any atom is -0.321 e. The number of carbonyl (C=O) groups is 1. The molecule has 1 aromatic carbocycles. The van der Waals surface area contributed by atoms with Crippen LogP contribution in [0, 0.1) is 5.92 Å². The molecule has 0 spiro atoms. The predicted octanol–water partition coefficient (Wildman–Crippen LogP) is 1.52. The highest BCUT2D eigenvalue weighted by Crippen LogP contribution is 2.27. The molecule has 1 aliphatic heterocycles. The topological polar surface area (TPSA) is 49.4 Å². The average Bonchev–Trinajstić information content (AvgIpc) is 2.74. The van der Waals surface area contributed by atoms with E-state index in [4.69, 9.17) is 0 Å². The Bertz CT molecular complexity index is 490. The third-order valence-electron chi connectivity index (χ3n) is 3.60. The van der Waals surface area contributed by atoms with Crippen molar-refractivity contribution in [1.29, 1.82) is 0 Å². The van der Waals surface area contributed by atoms with Crippen molar-refractivity contribution in [1.82, 2.24) is 10.2 Å². The van der Waals surface area contributed by atoms with Gasteiger partial charge in [0.1, 0.15) is 6.17 Å². The van der Waals surface area contributed by atoms with Gasteiger partial charge in [0.05, 0.1) is 6.04 Å². The van der Waals surface area contributed by atoms with Crippen LogP contribution in [0.3, 0.4) is 0 Å². The molecule has 1 aromatic rings. The standard InChI is InChI=1S/C15H22N2O2S/c1-11(2)13-15(18)17(9-10-20(3)19)14(16-13)12-7-5-4-6-8-12/h4-8,11,13-14,16H,9-10H2,1-3H3. The highest BCUT2D eigenvalue weighted by Gasteiger charge is 2.40. The Morgan fingerprint density at radius 2 is 1.95 bits per heavy atom. The molecule has 0 aliphatic carbocycles. The highest BCUT2D eigenvalue weighted by atomic mass is 32.2. The van der Waals surface area contributed by atoms with E-state index in [0.29, 0.717) is 12.3 Å². The first kappa shape index (κ1) is 15.2. The van der Waals surface area contributed by atoms with Gasteiger partial charge in [-0.2, -0.15) is 0 Å². The number of hydrogen-bond donors (Lipinski definition) is 1. The lowest BCUT2D eigenvalue weighted by molar-refractivity contribution is -0.130. The molecule has 0 aromatic heterocycles. The fraction of sp³-hybridized carbons (Fsp3) is 0.533. The van der Waals surface area contributed by atoms with E-state index in [2.05, 4.69) is 5.32 Å². The monoisotopic (exact) mass is 294 g/mol. The van der Waals surface area contributed by atoms with Crippen molar-refractivity contribution in [3.8, 4) is 0 Å². The summed E-state index contributed by atoms with van der Waals surface area (Å²) in [6.07, 6.45) is 1.56. The molecular weight excluding hydrogens is 272 g/mol. The molecule has 110 valence electrons. The molecule has 1 fully saturated rings. The van der Waals surface area contributed by atoms with E-state index < -0.39 is 10.8 Å². The van der Waals surface area contributed by atoms with Crippen LogP contribution in [0.2, 0.25) is 0 Å². The molecule has 0 radical (unpaired) electrons. The third-order valence-corrected chi connectivity index (χ3v) is 4.36. The van der Waals surface area contributed by atoms with Crippen molar-refractivity contribution in [2.75, 3.05) is 18.6 Å². The molecule has 0 bridgehead atoms. The van der Waals surface area contributed by atoms with E-state index in [1.165, 1.54) is 0 Å². The molecule has 1 heterocycles. The first-order valence-corrected chi connectivity index (χ1v) is 8.65. The lowest BCUT2D eigenvalue weighted by atomic mass is 10.1. The van der Waals surface area contributed by atoms with Gasteiger partial charge in [-0.1, -0.05) is 44.2 Å². The van der Waals surface area contributed by atoms with Crippen molar-refractivity contribution in [3.63, 3.8) is 0 Å². The Kier molecular flexibility index (Phi) is 4.94. The van der Waals surface area contributed by atoms with E-state index in [1.807, 2.05) is 49.1 Å². The molecule has 1 saturated heterocycles. The van der Waals surface area contributed by atoms with E-state index in [0.717, 1.165) is 5.56 Å². The summed E-state index contributed by atoms with van der Waals surface area (Å²) in [5.41, 5.74) is 1.07. The normalized spacial score (nSPS) is 24.4. The number of nitrogens with one attached hydrogen (secondary N) is 1. The highest BCUT2D eigenvalue weighted by molar-refractivity contribution is 7.84. The Morgan fingerprint density at radius 3 is 2.50 bits per heavy atom. The maximum Gasteiger partial charge on any atom is 0.241 e. The predicted molar refractivity (Wildman–Crippen MR) is 81.6 cm³/mol. The third kappa shape index (κ3) is 3.27. The molecule has 1 amide bonds. The van der Waals surface area contributed by atoms with Gasteiger partial charge in [0.15, 0.2) is 0 Å². The van der Waals surface area contributed by atoms with E-state index in [9.17, 15) is 9.00 Å². The number of rotatable bonds is 5. The zero-order valence-corrected chi connectivity index (χ0v) is 13.0. The summed E-state index contributed by atoms with van der Waals surface area (Å²) in [7, 11) is -0.891. The summed E-state index contributed by atoms with van der Waals surface area (Å²) in [6.45, 7) is 4.61. The zero-order chi connectivity index (χ0) is 14.7. The van der Waals surface area contributed by atoms with E-state index in [-0.39, 0.29) is 24.0 Å². The second kappa shape index (κ2) is 6.50. The molecule has 3 unspecified atom stereocenters. The summed E-state index contributed by atoms with van der Waals surface area (Å²) in [4.78, 5) is 14.3. The molecule has 20 heavy (non-hydrogen) atoms. The Hall–Kier alpha value is -1.20. The molecule has 3 atom stereocenters. The Labute approximate surface area is 123 Å². The zero-order valence-electron chi connectivity index (χ0n) is 12.2. The molecule has 5 heteroatoms. The van der Waals surface area contributed by atoms with E-state index >= 15 is 0 Å². The second-order valence-corrected chi connectivity index (χ2v) is 7.07. The Balaban J connectivity index is 2.22. The van der Waals surface area contributed by atoms with Crippen molar-refractivity contribution in [2.45, 2.75) is 26.1 Å². The van der Waals surface area contributed by atoms with Crippen LogP contribution in [0.5, 0.6) is 0 Å². The minimum absolute atomic E-state index is 0.110. The maximum atomic E-state index is 12.5. The van der Waals surface area contributed by atoms with Gasteiger partial charge in [0.2, 0.25) is 5.91 Å². The van der Waals surface area contributed by atoms with Crippen LogP contribution < -0.4 is 5.32 Å².